The number of hydrogen-bond acceptors (Lipinski definition) is 4. The molecule has 0 aromatic rings. The van der Waals surface area contributed by atoms with Crippen LogP contribution in [0.2, 0.25) is 0 Å². The standard InChI is InChI=1S/C7H11NO4S/c1-4(2)6-5(3)7(9)8-13(10,11)12-6/h4H,1-3H3,(H,8,9). The zero-order chi connectivity index (χ0) is 10.2. The lowest BCUT2D eigenvalue weighted by Crippen LogP contribution is -2.38. The number of amides is 1. The smallest absolute Gasteiger partial charge is 0.371 e. The molecule has 13 heavy (non-hydrogen) atoms. The molecule has 0 aliphatic carbocycles. The average molecular weight is 205 g/mol. The SMILES string of the molecule is CC1=C(C(C)C)OS(=O)(=O)NC1=O. The van der Waals surface area contributed by atoms with Crippen molar-refractivity contribution in [2.24, 2.45) is 5.92 Å². The van der Waals surface area contributed by atoms with Crippen LogP contribution in [0.3, 0.4) is 0 Å². The Labute approximate surface area is 77.0 Å². The van der Waals surface area contributed by atoms with Gasteiger partial charge in [-0.25, -0.2) is 4.72 Å². The topological polar surface area (TPSA) is 72.5 Å². The Bertz CT molecular complexity index is 366. The summed E-state index contributed by atoms with van der Waals surface area (Å²) in [4.78, 5) is 11.1. The fraction of sp³-hybridized carbons (Fsp3) is 0.571. The van der Waals surface area contributed by atoms with Crippen LogP contribution in [-0.4, -0.2) is 14.3 Å². The molecule has 1 N–H and O–H groups in total. The molecule has 1 heterocycles. The Morgan fingerprint density at radius 2 is 1.92 bits per heavy atom. The molecule has 74 valence electrons. The third kappa shape index (κ3) is 2.00. The van der Waals surface area contributed by atoms with Crippen molar-refractivity contribution < 1.29 is 17.4 Å². The molecule has 0 aromatic carbocycles. The van der Waals surface area contributed by atoms with Crippen LogP contribution in [-0.2, 0) is 19.3 Å². The van der Waals surface area contributed by atoms with E-state index in [4.69, 9.17) is 0 Å². The Morgan fingerprint density at radius 3 is 2.38 bits per heavy atom. The van der Waals surface area contributed by atoms with Gasteiger partial charge < -0.3 is 4.18 Å². The summed E-state index contributed by atoms with van der Waals surface area (Å²) in [6, 6.07) is 0. The fourth-order valence-electron chi connectivity index (χ4n) is 1.03. The van der Waals surface area contributed by atoms with Crippen LogP contribution in [0, 0.1) is 5.92 Å². The molecule has 0 radical (unpaired) electrons. The summed E-state index contributed by atoms with van der Waals surface area (Å²) in [6.45, 7) is 5.04. The molecule has 0 unspecified atom stereocenters. The van der Waals surface area contributed by atoms with E-state index < -0.39 is 16.2 Å². The van der Waals surface area contributed by atoms with Crippen LogP contribution in [0.5, 0.6) is 0 Å². The second-order valence-electron chi connectivity index (χ2n) is 3.11. The van der Waals surface area contributed by atoms with Crippen LogP contribution < -0.4 is 4.72 Å². The largest absolute Gasteiger partial charge is 0.409 e. The van der Waals surface area contributed by atoms with E-state index in [1.54, 1.807) is 18.6 Å². The lowest BCUT2D eigenvalue weighted by Gasteiger charge is -2.20. The molecule has 0 atom stereocenters. The first kappa shape index (κ1) is 10.0. The lowest BCUT2D eigenvalue weighted by molar-refractivity contribution is -0.116. The zero-order valence-corrected chi connectivity index (χ0v) is 8.44. The molecule has 0 spiro atoms. The summed E-state index contributed by atoms with van der Waals surface area (Å²) in [5.41, 5.74) is 0.310. The van der Waals surface area contributed by atoms with Crippen LogP contribution in [0.25, 0.3) is 0 Å². The third-order valence-electron chi connectivity index (χ3n) is 1.65. The van der Waals surface area contributed by atoms with E-state index in [-0.39, 0.29) is 11.7 Å². The molecule has 0 saturated heterocycles. The van der Waals surface area contributed by atoms with Gasteiger partial charge in [0.25, 0.3) is 5.91 Å². The number of allylic oxidation sites excluding steroid dienone is 1. The minimum absolute atomic E-state index is 0.124. The summed E-state index contributed by atoms with van der Waals surface area (Å²) < 4.78 is 28.2. The van der Waals surface area contributed by atoms with Gasteiger partial charge in [0.05, 0.1) is 5.57 Å². The van der Waals surface area contributed by atoms with Crippen LogP contribution >= 0.6 is 0 Å². The van der Waals surface area contributed by atoms with Crippen molar-refractivity contribution in [1.29, 1.82) is 0 Å². The molecule has 0 fully saturated rings. The monoisotopic (exact) mass is 205 g/mol. The maximum absolute atomic E-state index is 11.1. The van der Waals surface area contributed by atoms with E-state index in [1.807, 2.05) is 0 Å². The first-order valence-corrected chi connectivity index (χ1v) is 5.21. The van der Waals surface area contributed by atoms with Gasteiger partial charge >= 0.3 is 10.3 Å². The Morgan fingerprint density at radius 1 is 1.38 bits per heavy atom. The van der Waals surface area contributed by atoms with Gasteiger partial charge in [-0.3, -0.25) is 4.79 Å². The number of carbonyl (C=O) groups is 1. The van der Waals surface area contributed by atoms with Gasteiger partial charge in [-0.2, -0.15) is 8.42 Å². The van der Waals surface area contributed by atoms with E-state index in [0.29, 0.717) is 5.57 Å². The molecule has 1 aliphatic rings. The summed E-state index contributed by atoms with van der Waals surface area (Å²) in [6.07, 6.45) is 0. The molecule has 0 saturated carbocycles. The van der Waals surface area contributed by atoms with E-state index >= 15 is 0 Å². The Balaban J connectivity index is 3.17. The van der Waals surface area contributed by atoms with Gasteiger partial charge in [0.15, 0.2) is 0 Å². The van der Waals surface area contributed by atoms with E-state index in [2.05, 4.69) is 4.18 Å². The molecule has 1 rings (SSSR count). The van der Waals surface area contributed by atoms with Crippen molar-refractivity contribution in [3.8, 4) is 0 Å². The maximum Gasteiger partial charge on any atom is 0.409 e. The van der Waals surface area contributed by atoms with Crippen molar-refractivity contribution >= 4 is 16.2 Å². The first-order valence-electron chi connectivity index (χ1n) is 3.81. The van der Waals surface area contributed by atoms with Gasteiger partial charge in [-0.05, 0) is 6.92 Å². The molecule has 5 nitrogen and oxygen atoms in total. The number of rotatable bonds is 1. The predicted molar refractivity (Wildman–Crippen MR) is 45.7 cm³/mol. The quantitative estimate of drug-likeness (QED) is 0.668. The van der Waals surface area contributed by atoms with E-state index in [9.17, 15) is 13.2 Å². The zero-order valence-electron chi connectivity index (χ0n) is 7.62. The summed E-state index contributed by atoms with van der Waals surface area (Å²) in [7, 11) is -3.92. The van der Waals surface area contributed by atoms with Crippen LogP contribution in [0.4, 0.5) is 0 Å². The Kier molecular flexibility index (Phi) is 2.34. The van der Waals surface area contributed by atoms with Crippen molar-refractivity contribution in [2.45, 2.75) is 20.8 Å². The summed E-state index contributed by atoms with van der Waals surface area (Å²) in [5, 5.41) is 0. The summed E-state index contributed by atoms with van der Waals surface area (Å²) in [5.74, 6) is -0.528. The van der Waals surface area contributed by atoms with E-state index in [1.165, 1.54) is 6.92 Å². The molecule has 1 amide bonds. The maximum atomic E-state index is 11.1. The van der Waals surface area contributed by atoms with Crippen molar-refractivity contribution in [3.63, 3.8) is 0 Å². The molecule has 0 aromatic heterocycles. The second kappa shape index (κ2) is 3.02. The minimum Gasteiger partial charge on any atom is -0.371 e. The highest BCUT2D eigenvalue weighted by molar-refractivity contribution is 7.85. The number of carbonyl (C=O) groups excluding carboxylic acids is 1. The van der Waals surface area contributed by atoms with Crippen molar-refractivity contribution in [1.82, 2.24) is 4.72 Å². The van der Waals surface area contributed by atoms with Gasteiger partial charge in [-0.15, -0.1) is 0 Å². The second-order valence-corrected chi connectivity index (χ2v) is 4.39. The van der Waals surface area contributed by atoms with Crippen molar-refractivity contribution in [2.75, 3.05) is 0 Å². The fourth-order valence-corrected chi connectivity index (χ4v) is 2.01. The Hall–Kier alpha value is -1.04. The highest BCUT2D eigenvalue weighted by atomic mass is 32.2. The van der Waals surface area contributed by atoms with Gasteiger partial charge in [0.2, 0.25) is 0 Å². The third-order valence-corrected chi connectivity index (χ3v) is 2.49. The van der Waals surface area contributed by atoms with Crippen LogP contribution in [0.15, 0.2) is 11.3 Å². The molecular formula is C7H11NO4S. The minimum atomic E-state index is -3.92. The first-order chi connectivity index (χ1) is 5.83. The van der Waals surface area contributed by atoms with Crippen LogP contribution in [0.1, 0.15) is 20.8 Å². The van der Waals surface area contributed by atoms with Gasteiger partial charge in [0.1, 0.15) is 5.76 Å². The normalized spacial score (nSPS) is 21.4. The predicted octanol–water partition coefficient (Wildman–Crippen LogP) is 0.308. The number of nitrogens with one attached hydrogen (secondary N) is 1. The van der Waals surface area contributed by atoms with Crippen molar-refractivity contribution in [3.05, 3.63) is 11.3 Å². The van der Waals surface area contributed by atoms with Gasteiger partial charge in [-0.1, -0.05) is 13.8 Å². The number of hydrogen-bond donors (Lipinski definition) is 1. The molecule has 6 heteroatoms. The summed E-state index contributed by atoms with van der Waals surface area (Å²) >= 11 is 0. The molecule has 0 bridgehead atoms. The highest BCUT2D eigenvalue weighted by Crippen LogP contribution is 2.21. The highest BCUT2D eigenvalue weighted by Gasteiger charge is 2.29. The molecule has 1 aliphatic heterocycles. The van der Waals surface area contributed by atoms with Gasteiger partial charge in [0, 0.05) is 5.92 Å². The molecular weight excluding hydrogens is 194 g/mol. The van der Waals surface area contributed by atoms with E-state index in [0.717, 1.165) is 0 Å². The lowest BCUT2D eigenvalue weighted by atomic mass is 10.1. The average Bonchev–Trinajstić information content (AvgIpc) is 1.95.